The minimum atomic E-state index is -2.69. The van der Waals surface area contributed by atoms with Gasteiger partial charge in [-0.25, -0.2) is 27.9 Å². The second-order valence-electron chi connectivity index (χ2n) is 8.66. The van der Waals surface area contributed by atoms with Gasteiger partial charge in [0.2, 0.25) is 5.95 Å². The summed E-state index contributed by atoms with van der Waals surface area (Å²) in [6, 6.07) is 4.43. The molecule has 8 nitrogen and oxygen atoms in total. The van der Waals surface area contributed by atoms with E-state index in [9.17, 15) is 27.9 Å². The van der Waals surface area contributed by atoms with Crippen LogP contribution in [0, 0.1) is 17.7 Å². The lowest BCUT2D eigenvalue weighted by molar-refractivity contribution is 0.0691. The third-order valence-corrected chi connectivity index (χ3v) is 6.75. The minimum absolute atomic E-state index is 0.00384. The normalized spacial score (nSPS) is 21.4. The fraction of sp³-hybridized carbons (Fsp3) is 0.364. The first-order chi connectivity index (χ1) is 16.0. The van der Waals surface area contributed by atoms with Crippen LogP contribution in [0.2, 0.25) is 5.15 Å². The highest BCUT2D eigenvalue weighted by Crippen LogP contribution is 2.59. The highest BCUT2D eigenvalue weighted by molar-refractivity contribution is 6.29. The molecule has 3 atom stereocenters. The van der Waals surface area contributed by atoms with Gasteiger partial charge < -0.3 is 15.3 Å². The lowest BCUT2D eigenvalue weighted by Gasteiger charge is -2.24. The van der Waals surface area contributed by atoms with Crippen molar-refractivity contribution < 1.29 is 23.1 Å². The number of aromatic nitrogens is 3. The number of carbonyl (C=O) groups is 1. The van der Waals surface area contributed by atoms with Crippen molar-refractivity contribution in [2.24, 2.45) is 18.9 Å². The van der Waals surface area contributed by atoms with E-state index in [0.29, 0.717) is 5.56 Å². The Balaban J connectivity index is 1.57. The van der Waals surface area contributed by atoms with Crippen LogP contribution in [0.3, 0.4) is 0 Å². The molecule has 0 bridgehead atoms. The van der Waals surface area contributed by atoms with Gasteiger partial charge in [-0.05, 0) is 31.2 Å². The molecule has 1 aromatic carbocycles. The monoisotopic (exact) mass is 493 g/mol. The van der Waals surface area contributed by atoms with Gasteiger partial charge >= 0.3 is 5.97 Å². The number of carboxylic acid groups (broad SMARTS) is 1. The molecule has 0 amide bonds. The molecule has 2 unspecified atom stereocenters. The van der Waals surface area contributed by atoms with Crippen molar-refractivity contribution in [3.63, 3.8) is 0 Å². The number of hydrogen-bond donors (Lipinski definition) is 2. The maximum atomic E-state index is 14.5. The van der Waals surface area contributed by atoms with Crippen LogP contribution in [0.1, 0.15) is 29.0 Å². The van der Waals surface area contributed by atoms with Crippen LogP contribution in [0.25, 0.3) is 10.9 Å². The van der Waals surface area contributed by atoms with E-state index in [0.717, 1.165) is 6.07 Å². The molecule has 2 aliphatic rings. The Kier molecular flexibility index (Phi) is 5.01. The number of aromatic carboxylic acids is 1. The fourth-order valence-electron chi connectivity index (χ4n) is 4.66. The van der Waals surface area contributed by atoms with Gasteiger partial charge in [0.15, 0.2) is 5.69 Å². The number of fused-ring (bicyclic) bond motifs is 2. The first kappa shape index (κ1) is 22.5. The molecule has 178 valence electrons. The van der Waals surface area contributed by atoms with E-state index in [-0.39, 0.29) is 46.5 Å². The predicted molar refractivity (Wildman–Crippen MR) is 119 cm³/mol. The van der Waals surface area contributed by atoms with E-state index >= 15 is 0 Å². The van der Waals surface area contributed by atoms with Crippen LogP contribution >= 0.6 is 11.6 Å². The van der Waals surface area contributed by atoms with Crippen LogP contribution in [0.4, 0.5) is 24.8 Å². The molecule has 1 aliphatic heterocycles. The van der Waals surface area contributed by atoms with Gasteiger partial charge in [0.05, 0.1) is 34.5 Å². The molecule has 2 fully saturated rings. The van der Waals surface area contributed by atoms with E-state index in [4.69, 9.17) is 11.6 Å². The highest BCUT2D eigenvalue weighted by atomic mass is 35.5. The molecule has 1 saturated heterocycles. The number of halogens is 4. The Morgan fingerprint density at radius 2 is 1.94 bits per heavy atom. The lowest BCUT2D eigenvalue weighted by Crippen LogP contribution is -2.34. The molecule has 3 heterocycles. The smallest absolute Gasteiger partial charge is 0.356 e. The van der Waals surface area contributed by atoms with Crippen molar-refractivity contribution in [1.29, 1.82) is 0 Å². The van der Waals surface area contributed by atoms with E-state index in [1.807, 2.05) is 0 Å². The van der Waals surface area contributed by atoms with E-state index < -0.39 is 41.1 Å². The first-order valence-corrected chi connectivity index (χ1v) is 10.9. The van der Waals surface area contributed by atoms with Crippen molar-refractivity contribution in [2.45, 2.75) is 18.9 Å². The summed E-state index contributed by atoms with van der Waals surface area (Å²) in [5, 5.41) is 12.4. The number of anilines is 2. The average molecular weight is 494 g/mol. The number of rotatable bonds is 5. The van der Waals surface area contributed by atoms with Crippen molar-refractivity contribution in [2.75, 3.05) is 23.3 Å². The molecule has 1 aliphatic carbocycles. The number of nitrogens with zero attached hydrogens (tertiary/aromatic N) is 4. The summed E-state index contributed by atoms with van der Waals surface area (Å²) < 4.78 is 43.1. The standard InChI is InChI=1S/C22H19ClF3N5O3/c1-9(27-15-3-4-16(23)28-18(15)20(33)34)11-5-10(24)6-12-17(11)29-21(30(2)19(12)32)31-7-13-14(8-31)22(13,25)26/h3-6,9,13-14,27H,7-8H2,1-2H3,(H,33,34)/t9-,13?,14?/m0/s1. The van der Waals surface area contributed by atoms with Crippen LogP contribution in [-0.4, -0.2) is 44.6 Å². The second kappa shape index (κ2) is 7.59. The average Bonchev–Trinajstić information content (AvgIpc) is 3.11. The number of piperidine rings is 1. The number of nitrogens with one attached hydrogen (secondary N) is 1. The Hall–Kier alpha value is -3.34. The molecule has 0 radical (unpaired) electrons. The fourth-order valence-corrected chi connectivity index (χ4v) is 4.81. The van der Waals surface area contributed by atoms with Gasteiger partial charge in [-0.2, -0.15) is 0 Å². The summed E-state index contributed by atoms with van der Waals surface area (Å²) in [5.41, 5.74) is -0.185. The molecular weight excluding hydrogens is 475 g/mol. The quantitative estimate of drug-likeness (QED) is 0.523. The van der Waals surface area contributed by atoms with Gasteiger partial charge in [0.25, 0.3) is 11.5 Å². The zero-order valence-electron chi connectivity index (χ0n) is 18.0. The summed E-state index contributed by atoms with van der Waals surface area (Å²) in [4.78, 5) is 34.7. The SMILES string of the molecule is C[C@H](Nc1ccc(Cl)nc1C(=O)O)c1cc(F)cc2c(=O)n(C)c(N3CC4C(C3)C4(F)F)nc12. The maximum Gasteiger partial charge on any atom is 0.356 e. The number of hydrogen-bond acceptors (Lipinski definition) is 6. The van der Waals surface area contributed by atoms with Crippen molar-refractivity contribution in [3.8, 4) is 0 Å². The Labute approximate surface area is 196 Å². The predicted octanol–water partition coefficient (Wildman–Crippen LogP) is 3.69. The van der Waals surface area contributed by atoms with Crippen LogP contribution < -0.4 is 15.8 Å². The molecule has 34 heavy (non-hydrogen) atoms. The summed E-state index contributed by atoms with van der Waals surface area (Å²) in [6.45, 7) is 1.80. The zero-order chi connectivity index (χ0) is 24.5. The number of carboxylic acids is 1. The first-order valence-electron chi connectivity index (χ1n) is 10.5. The second-order valence-corrected chi connectivity index (χ2v) is 9.05. The largest absolute Gasteiger partial charge is 0.476 e. The van der Waals surface area contributed by atoms with Gasteiger partial charge in [-0.3, -0.25) is 9.36 Å². The zero-order valence-corrected chi connectivity index (χ0v) is 18.8. The Morgan fingerprint density at radius 3 is 2.59 bits per heavy atom. The summed E-state index contributed by atoms with van der Waals surface area (Å²) in [6.07, 6.45) is 0. The van der Waals surface area contributed by atoms with Gasteiger partial charge in [0, 0.05) is 25.7 Å². The summed E-state index contributed by atoms with van der Waals surface area (Å²) in [7, 11) is 1.47. The van der Waals surface area contributed by atoms with Crippen LogP contribution in [0.5, 0.6) is 0 Å². The third-order valence-electron chi connectivity index (χ3n) is 6.54. The van der Waals surface area contributed by atoms with Gasteiger partial charge in [0.1, 0.15) is 11.0 Å². The van der Waals surface area contributed by atoms with Crippen molar-refractivity contribution >= 4 is 40.1 Å². The summed E-state index contributed by atoms with van der Waals surface area (Å²) >= 11 is 5.81. The van der Waals surface area contributed by atoms with Crippen LogP contribution in [-0.2, 0) is 7.05 Å². The van der Waals surface area contributed by atoms with Gasteiger partial charge in [-0.15, -0.1) is 0 Å². The molecule has 3 aromatic rings. The highest BCUT2D eigenvalue weighted by Gasteiger charge is 2.72. The van der Waals surface area contributed by atoms with Crippen molar-refractivity contribution in [3.05, 3.63) is 56.8 Å². The topological polar surface area (TPSA) is 100 Å². The molecule has 1 saturated carbocycles. The Bertz CT molecular complexity index is 1400. The molecule has 12 heteroatoms. The maximum absolute atomic E-state index is 14.5. The van der Waals surface area contributed by atoms with Gasteiger partial charge in [-0.1, -0.05) is 11.6 Å². The molecule has 5 rings (SSSR count). The van der Waals surface area contributed by atoms with Crippen molar-refractivity contribution in [1.82, 2.24) is 14.5 Å². The molecule has 0 spiro atoms. The van der Waals surface area contributed by atoms with Crippen LogP contribution in [0.15, 0.2) is 29.1 Å². The number of pyridine rings is 1. The third kappa shape index (κ3) is 3.46. The minimum Gasteiger partial charge on any atom is -0.476 e. The van der Waals surface area contributed by atoms with E-state index in [1.54, 1.807) is 11.8 Å². The lowest BCUT2D eigenvalue weighted by atomic mass is 10.0. The van der Waals surface area contributed by atoms with E-state index in [2.05, 4.69) is 15.3 Å². The Morgan fingerprint density at radius 1 is 1.26 bits per heavy atom. The number of benzene rings is 1. The molecular formula is C22H19ClF3N5O3. The molecule has 2 aromatic heterocycles. The van der Waals surface area contributed by atoms with E-state index in [1.165, 1.54) is 29.8 Å². The summed E-state index contributed by atoms with van der Waals surface area (Å²) in [5.74, 6) is -5.97. The molecule has 2 N–H and O–H groups in total. The number of alkyl halides is 2.